The van der Waals surface area contributed by atoms with Gasteiger partial charge in [0.05, 0.1) is 6.61 Å². The van der Waals surface area contributed by atoms with Crippen molar-refractivity contribution in [2.75, 3.05) is 19.7 Å². The Hall–Kier alpha value is -1.75. The fourth-order valence-electron chi connectivity index (χ4n) is 1.61. The molecule has 0 bridgehead atoms. The van der Waals surface area contributed by atoms with E-state index in [1.807, 2.05) is 31.2 Å². The van der Waals surface area contributed by atoms with Crippen LogP contribution in [0.1, 0.15) is 25.5 Å². The summed E-state index contributed by atoms with van der Waals surface area (Å²) in [7, 11) is 0. The first kappa shape index (κ1) is 14.3. The van der Waals surface area contributed by atoms with E-state index in [0.29, 0.717) is 19.7 Å². The lowest BCUT2D eigenvalue weighted by molar-refractivity contribution is 0.249. The second kappa shape index (κ2) is 7.55. The molecule has 0 saturated heterocycles. The molecule has 1 aromatic carbocycles. The second-order valence-electron chi connectivity index (χ2n) is 3.97. The van der Waals surface area contributed by atoms with Crippen molar-refractivity contribution in [2.24, 2.45) is 5.73 Å². The molecule has 1 rings (SSSR count). The number of ether oxygens (including phenoxy) is 1. The Kier molecular flexibility index (Phi) is 6.00. The maximum absolute atomic E-state index is 10.5. The molecule has 1 unspecified atom stereocenters. The van der Waals surface area contributed by atoms with Gasteiger partial charge >= 0.3 is 6.03 Å². The highest BCUT2D eigenvalue weighted by molar-refractivity contribution is 5.71. The molecule has 0 aliphatic rings. The van der Waals surface area contributed by atoms with Crippen molar-refractivity contribution >= 4 is 6.03 Å². The Bertz CT molecular complexity index is 365. The van der Waals surface area contributed by atoms with Gasteiger partial charge in [-0.3, -0.25) is 0 Å². The molecule has 18 heavy (non-hydrogen) atoms. The van der Waals surface area contributed by atoms with Crippen LogP contribution < -0.4 is 21.1 Å². The van der Waals surface area contributed by atoms with Crippen LogP contribution in [-0.4, -0.2) is 25.7 Å². The quantitative estimate of drug-likeness (QED) is 0.641. The van der Waals surface area contributed by atoms with E-state index < -0.39 is 6.03 Å². The third kappa shape index (κ3) is 5.05. The van der Waals surface area contributed by atoms with Crippen LogP contribution in [-0.2, 0) is 0 Å². The van der Waals surface area contributed by atoms with Crippen LogP contribution in [0, 0.1) is 0 Å². The lowest BCUT2D eigenvalue weighted by Gasteiger charge is -2.14. The van der Waals surface area contributed by atoms with Gasteiger partial charge in [-0.25, -0.2) is 4.79 Å². The van der Waals surface area contributed by atoms with Crippen molar-refractivity contribution in [1.29, 1.82) is 0 Å². The summed E-state index contributed by atoms with van der Waals surface area (Å²) in [6.07, 6.45) is 0. The Morgan fingerprint density at radius 3 is 2.56 bits per heavy atom. The van der Waals surface area contributed by atoms with Gasteiger partial charge in [0.15, 0.2) is 0 Å². The van der Waals surface area contributed by atoms with E-state index in [-0.39, 0.29) is 6.04 Å². The van der Waals surface area contributed by atoms with Crippen LogP contribution in [0.15, 0.2) is 24.3 Å². The number of carbonyl (C=O) groups excluding carboxylic acids is 1. The molecule has 5 nitrogen and oxygen atoms in total. The number of benzene rings is 1. The number of carbonyl (C=O) groups is 1. The van der Waals surface area contributed by atoms with Crippen molar-refractivity contribution in [1.82, 2.24) is 10.6 Å². The fourth-order valence-corrected chi connectivity index (χ4v) is 1.61. The zero-order chi connectivity index (χ0) is 13.4. The molecule has 0 aliphatic carbocycles. The van der Waals surface area contributed by atoms with E-state index in [4.69, 9.17) is 10.5 Å². The Morgan fingerprint density at radius 1 is 1.33 bits per heavy atom. The molecule has 0 spiro atoms. The molecule has 1 aromatic rings. The van der Waals surface area contributed by atoms with Gasteiger partial charge in [0.1, 0.15) is 5.75 Å². The van der Waals surface area contributed by atoms with Gasteiger partial charge in [0, 0.05) is 19.1 Å². The topological polar surface area (TPSA) is 76.4 Å². The summed E-state index contributed by atoms with van der Waals surface area (Å²) in [6, 6.07) is 7.70. The Labute approximate surface area is 108 Å². The molecule has 5 heteroatoms. The van der Waals surface area contributed by atoms with Gasteiger partial charge in [-0.05, 0) is 31.5 Å². The Balaban J connectivity index is 2.36. The molecule has 0 aliphatic heterocycles. The zero-order valence-electron chi connectivity index (χ0n) is 10.9. The van der Waals surface area contributed by atoms with E-state index in [0.717, 1.165) is 5.75 Å². The molecule has 0 fully saturated rings. The summed E-state index contributed by atoms with van der Waals surface area (Å²) in [5, 5.41) is 5.83. The number of urea groups is 1. The second-order valence-corrected chi connectivity index (χ2v) is 3.97. The van der Waals surface area contributed by atoms with E-state index in [2.05, 4.69) is 17.6 Å². The summed E-state index contributed by atoms with van der Waals surface area (Å²) >= 11 is 0. The van der Waals surface area contributed by atoms with Crippen LogP contribution >= 0.6 is 0 Å². The van der Waals surface area contributed by atoms with Gasteiger partial charge < -0.3 is 21.1 Å². The van der Waals surface area contributed by atoms with Crippen LogP contribution in [0.25, 0.3) is 0 Å². The highest BCUT2D eigenvalue weighted by atomic mass is 16.5. The number of nitrogens with two attached hydrogens (primary N) is 1. The maximum Gasteiger partial charge on any atom is 0.312 e. The van der Waals surface area contributed by atoms with Crippen molar-refractivity contribution in [2.45, 2.75) is 19.9 Å². The molecular weight excluding hydrogens is 230 g/mol. The Morgan fingerprint density at radius 2 is 2.00 bits per heavy atom. The average molecular weight is 251 g/mol. The number of hydrogen-bond acceptors (Lipinski definition) is 3. The molecule has 100 valence electrons. The molecule has 1 atom stereocenters. The van der Waals surface area contributed by atoms with Gasteiger partial charge in [-0.15, -0.1) is 0 Å². The summed E-state index contributed by atoms with van der Waals surface area (Å²) in [5.41, 5.74) is 6.15. The van der Waals surface area contributed by atoms with Crippen molar-refractivity contribution < 1.29 is 9.53 Å². The third-order valence-corrected chi connectivity index (χ3v) is 2.57. The maximum atomic E-state index is 10.5. The molecule has 0 saturated carbocycles. The molecular formula is C13H21N3O2. The monoisotopic (exact) mass is 251 g/mol. The van der Waals surface area contributed by atoms with Crippen LogP contribution in [0.5, 0.6) is 5.75 Å². The number of primary amides is 1. The number of nitrogens with one attached hydrogen (secondary N) is 2. The number of amides is 2. The largest absolute Gasteiger partial charge is 0.494 e. The average Bonchev–Trinajstić information content (AvgIpc) is 2.35. The summed E-state index contributed by atoms with van der Waals surface area (Å²) in [4.78, 5) is 10.5. The molecule has 0 heterocycles. The van der Waals surface area contributed by atoms with Gasteiger partial charge in [-0.1, -0.05) is 12.1 Å². The first-order valence-corrected chi connectivity index (χ1v) is 6.13. The fraction of sp³-hybridized carbons (Fsp3) is 0.462. The highest BCUT2D eigenvalue weighted by Gasteiger charge is 2.04. The van der Waals surface area contributed by atoms with Crippen LogP contribution in [0.4, 0.5) is 4.79 Å². The van der Waals surface area contributed by atoms with E-state index in [1.165, 1.54) is 5.56 Å². The van der Waals surface area contributed by atoms with Crippen molar-refractivity contribution in [3.63, 3.8) is 0 Å². The summed E-state index contributed by atoms with van der Waals surface area (Å²) in [6.45, 7) is 5.91. The summed E-state index contributed by atoms with van der Waals surface area (Å²) in [5.74, 6) is 0.879. The zero-order valence-corrected chi connectivity index (χ0v) is 10.9. The SMILES string of the molecule is CCOc1ccc(C(C)NCCNC(N)=O)cc1. The normalized spacial score (nSPS) is 11.9. The molecule has 0 aromatic heterocycles. The van der Waals surface area contributed by atoms with Gasteiger partial charge in [0.25, 0.3) is 0 Å². The first-order chi connectivity index (χ1) is 8.63. The standard InChI is InChI=1S/C13H21N3O2/c1-3-18-12-6-4-11(5-7-12)10(2)15-8-9-16-13(14)17/h4-7,10,15H,3,8-9H2,1-2H3,(H3,14,16,17). The minimum Gasteiger partial charge on any atom is -0.494 e. The number of hydrogen-bond donors (Lipinski definition) is 3. The lowest BCUT2D eigenvalue weighted by atomic mass is 10.1. The number of rotatable bonds is 7. The van der Waals surface area contributed by atoms with Crippen LogP contribution in [0.3, 0.4) is 0 Å². The van der Waals surface area contributed by atoms with E-state index in [9.17, 15) is 4.79 Å². The minimum atomic E-state index is -0.495. The molecule has 0 radical (unpaired) electrons. The van der Waals surface area contributed by atoms with Gasteiger partial charge in [0.2, 0.25) is 0 Å². The predicted octanol–water partition coefficient (Wildman–Crippen LogP) is 1.40. The van der Waals surface area contributed by atoms with Crippen molar-refractivity contribution in [3.8, 4) is 5.75 Å². The summed E-state index contributed by atoms with van der Waals surface area (Å²) < 4.78 is 5.38. The minimum absolute atomic E-state index is 0.218. The smallest absolute Gasteiger partial charge is 0.312 e. The predicted molar refractivity (Wildman–Crippen MR) is 71.6 cm³/mol. The molecule has 4 N–H and O–H groups in total. The highest BCUT2D eigenvalue weighted by Crippen LogP contribution is 2.17. The van der Waals surface area contributed by atoms with Crippen LogP contribution in [0.2, 0.25) is 0 Å². The third-order valence-electron chi connectivity index (χ3n) is 2.57. The van der Waals surface area contributed by atoms with E-state index >= 15 is 0 Å². The first-order valence-electron chi connectivity index (χ1n) is 6.13. The van der Waals surface area contributed by atoms with E-state index in [1.54, 1.807) is 0 Å². The lowest BCUT2D eigenvalue weighted by Crippen LogP contribution is -2.35. The molecule has 2 amide bonds. The van der Waals surface area contributed by atoms with Gasteiger partial charge in [-0.2, -0.15) is 0 Å². The van der Waals surface area contributed by atoms with Crippen molar-refractivity contribution in [3.05, 3.63) is 29.8 Å².